The molecule has 0 spiro atoms. The first-order valence-corrected chi connectivity index (χ1v) is 15.1. The fraction of sp³-hybridized carbons (Fsp3) is 0.0303. The van der Waals surface area contributed by atoms with E-state index in [1.54, 1.807) is 54.6 Å². The fourth-order valence-corrected chi connectivity index (χ4v) is 5.16. The first-order valence-electron chi connectivity index (χ1n) is 13.6. The van der Waals surface area contributed by atoms with Gasteiger partial charge in [-0.2, -0.15) is 10.2 Å². The van der Waals surface area contributed by atoms with Crippen molar-refractivity contribution in [2.24, 2.45) is 10.2 Å². The molecule has 1 amide bonds. The monoisotopic (exact) mass is 635 g/mol. The molecule has 0 fully saturated rings. The van der Waals surface area contributed by atoms with Crippen LogP contribution in [0.4, 0.5) is 22.9 Å². The van der Waals surface area contributed by atoms with Gasteiger partial charge in [-0.1, -0.05) is 36.4 Å². The Morgan fingerprint density at radius 2 is 1.57 bits per heavy atom. The van der Waals surface area contributed by atoms with E-state index in [0.29, 0.717) is 23.2 Å². The van der Waals surface area contributed by atoms with Gasteiger partial charge in [0.25, 0.3) is 15.9 Å². The number of ether oxygens (including phenoxy) is 1. The summed E-state index contributed by atoms with van der Waals surface area (Å²) in [6.07, 6.45) is 2.07. The lowest BCUT2D eigenvalue weighted by molar-refractivity contribution is 0.0469. The van der Waals surface area contributed by atoms with E-state index in [0.717, 1.165) is 0 Å². The third-order valence-corrected chi connectivity index (χ3v) is 7.79. The quantitative estimate of drug-likeness (QED) is 0.0845. The van der Waals surface area contributed by atoms with Crippen molar-refractivity contribution in [2.75, 3.05) is 10.0 Å². The highest BCUT2D eigenvalue weighted by molar-refractivity contribution is 7.92. The Bertz CT molecular complexity index is 2030. The van der Waals surface area contributed by atoms with Crippen LogP contribution in [-0.2, 0) is 21.4 Å². The number of phenolic OH excluding ortho intramolecular Hbond substituents is 1. The number of carbonyl (C=O) groups is 3. The van der Waals surface area contributed by atoms with Crippen LogP contribution >= 0.6 is 0 Å². The minimum atomic E-state index is -3.86. The first kappa shape index (κ1) is 31.2. The molecular weight excluding hydrogens is 610 g/mol. The number of rotatable bonds is 11. The zero-order valence-corrected chi connectivity index (χ0v) is 24.7. The van der Waals surface area contributed by atoms with Crippen molar-refractivity contribution >= 4 is 51.1 Å². The first-order chi connectivity index (χ1) is 22.2. The van der Waals surface area contributed by atoms with Crippen LogP contribution in [0.3, 0.4) is 0 Å². The van der Waals surface area contributed by atoms with Crippen molar-refractivity contribution in [2.45, 2.75) is 11.5 Å². The van der Waals surface area contributed by atoms with E-state index in [1.807, 2.05) is 0 Å². The summed E-state index contributed by atoms with van der Waals surface area (Å²) in [5, 5.41) is 21.2. The molecule has 0 saturated carbocycles. The Hall–Kier alpha value is -6.21. The Kier molecular flexibility index (Phi) is 9.54. The Morgan fingerprint density at radius 1 is 0.826 bits per heavy atom. The van der Waals surface area contributed by atoms with Crippen molar-refractivity contribution in [1.29, 1.82) is 0 Å². The number of aldehydes is 1. The summed E-state index contributed by atoms with van der Waals surface area (Å²) in [6.45, 7) is -0.164. The lowest BCUT2D eigenvalue weighted by Gasteiger charge is -2.10. The highest BCUT2D eigenvalue weighted by Crippen LogP contribution is 2.27. The number of sulfonamides is 1. The summed E-state index contributed by atoms with van der Waals surface area (Å²) >= 11 is 0. The van der Waals surface area contributed by atoms with Crippen molar-refractivity contribution in [1.82, 2.24) is 4.98 Å². The second-order valence-corrected chi connectivity index (χ2v) is 11.3. The van der Waals surface area contributed by atoms with E-state index in [2.05, 4.69) is 25.3 Å². The third kappa shape index (κ3) is 7.84. The average Bonchev–Trinajstić information content (AvgIpc) is 3.07. The molecule has 0 unspecified atom stereocenters. The van der Waals surface area contributed by atoms with E-state index in [1.165, 1.54) is 60.8 Å². The molecule has 0 saturated heterocycles. The van der Waals surface area contributed by atoms with Gasteiger partial charge in [-0.25, -0.2) is 18.2 Å². The topological polar surface area (TPSA) is 176 Å². The van der Waals surface area contributed by atoms with Crippen LogP contribution in [0.25, 0.3) is 0 Å². The van der Waals surface area contributed by atoms with Crippen LogP contribution in [0, 0.1) is 0 Å². The highest BCUT2D eigenvalue weighted by Gasteiger charge is 2.16. The molecule has 0 radical (unpaired) electrons. The molecule has 0 aliphatic rings. The molecular formula is C33H25N5O7S. The number of esters is 1. The number of azo groups is 1. The maximum Gasteiger partial charge on any atom is 0.342 e. The van der Waals surface area contributed by atoms with Gasteiger partial charge in [-0.3, -0.25) is 14.3 Å². The van der Waals surface area contributed by atoms with E-state index < -0.39 is 21.9 Å². The molecule has 0 bridgehead atoms. The smallest absolute Gasteiger partial charge is 0.342 e. The Labute approximate surface area is 263 Å². The lowest BCUT2D eigenvalue weighted by atomic mass is 10.1. The van der Waals surface area contributed by atoms with E-state index >= 15 is 0 Å². The molecule has 1 aromatic heterocycles. The second kappa shape index (κ2) is 14.1. The lowest BCUT2D eigenvalue weighted by Crippen LogP contribution is -2.14. The summed E-state index contributed by atoms with van der Waals surface area (Å²) in [4.78, 5) is 40.7. The molecule has 0 aliphatic carbocycles. The third-order valence-electron chi connectivity index (χ3n) is 6.42. The molecule has 0 atom stereocenters. The van der Waals surface area contributed by atoms with Crippen LogP contribution in [-0.4, -0.2) is 36.7 Å². The van der Waals surface area contributed by atoms with Gasteiger partial charge in [-0.05, 0) is 78.4 Å². The van der Waals surface area contributed by atoms with Gasteiger partial charge in [0.05, 0.1) is 21.8 Å². The van der Waals surface area contributed by atoms with Gasteiger partial charge in [0.1, 0.15) is 23.7 Å². The number of nitrogens with zero attached hydrogens (tertiary/aromatic N) is 3. The number of amides is 1. The van der Waals surface area contributed by atoms with Crippen LogP contribution < -0.4 is 10.0 Å². The minimum absolute atomic E-state index is 0.00270. The molecule has 13 heteroatoms. The minimum Gasteiger partial charge on any atom is -0.507 e. The van der Waals surface area contributed by atoms with Crippen LogP contribution in [0.5, 0.6) is 5.75 Å². The van der Waals surface area contributed by atoms with E-state index in [-0.39, 0.29) is 45.4 Å². The number of pyridine rings is 1. The molecule has 0 aliphatic heterocycles. The number of phenols is 1. The number of anilines is 2. The number of aromatic hydroxyl groups is 1. The maximum atomic E-state index is 12.8. The van der Waals surface area contributed by atoms with Gasteiger partial charge in [-0.15, -0.1) is 0 Å². The molecule has 46 heavy (non-hydrogen) atoms. The van der Waals surface area contributed by atoms with E-state index in [4.69, 9.17) is 4.74 Å². The zero-order valence-electron chi connectivity index (χ0n) is 23.9. The average molecular weight is 636 g/mol. The van der Waals surface area contributed by atoms with Crippen LogP contribution in [0.15, 0.2) is 131 Å². The van der Waals surface area contributed by atoms with Gasteiger partial charge in [0.15, 0.2) is 6.29 Å². The predicted octanol–water partition coefficient (Wildman–Crippen LogP) is 6.43. The fourth-order valence-electron chi connectivity index (χ4n) is 4.15. The molecule has 12 nitrogen and oxygen atoms in total. The maximum absolute atomic E-state index is 12.8. The zero-order chi connectivity index (χ0) is 32.5. The van der Waals surface area contributed by atoms with Gasteiger partial charge < -0.3 is 15.2 Å². The van der Waals surface area contributed by atoms with Crippen molar-refractivity contribution in [3.8, 4) is 5.75 Å². The summed E-state index contributed by atoms with van der Waals surface area (Å²) in [5.41, 5.74) is 1.90. The van der Waals surface area contributed by atoms with E-state index in [9.17, 15) is 27.9 Å². The summed E-state index contributed by atoms with van der Waals surface area (Å²) in [7, 11) is -3.86. The van der Waals surface area contributed by atoms with Crippen LogP contribution in [0.1, 0.15) is 36.6 Å². The molecule has 3 N–H and O–H groups in total. The van der Waals surface area contributed by atoms with Gasteiger partial charge in [0.2, 0.25) is 0 Å². The van der Waals surface area contributed by atoms with Crippen molar-refractivity contribution in [3.05, 3.63) is 138 Å². The van der Waals surface area contributed by atoms with Gasteiger partial charge >= 0.3 is 5.97 Å². The standard InChI is InChI=1S/C33H25N5O7S/c39-20-23-7-1-2-9-28(23)32(41)35-25-8-5-6-22(18-25)21-45-33(42)29-19-26(13-16-30(29)40)37-36-24-11-14-27(15-12-24)46(43,44)38-31-10-3-4-17-34-31/h1-20,40H,21H2,(H,34,38)(H,35,41)/b37-36+. The highest BCUT2D eigenvalue weighted by atomic mass is 32.2. The molecule has 5 aromatic rings. The summed E-state index contributed by atoms with van der Waals surface area (Å²) in [5.74, 6) is -1.43. The van der Waals surface area contributed by atoms with Crippen LogP contribution in [0.2, 0.25) is 0 Å². The Balaban J connectivity index is 1.21. The summed E-state index contributed by atoms with van der Waals surface area (Å²) in [6, 6.07) is 27.5. The van der Waals surface area contributed by atoms with Crippen molar-refractivity contribution in [3.63, 3.8) is 0 Å². The van der Waals surface area contributed by atoms with Crippen molar-refractivity contribution < 1.29 is 32.6 Å². The number of benzene rings is 4. The predicted molar refractivity (Wildman–Crippen MR) is 169 cm³/mol. The normalized spacial score (nSPS) is 11.1. The second-order valence-electron chi connectivity index (χ2n) is 9.65. The number of hydrogen-bond donors (Lipinski definition) is 3. The molecule has 230 valence electrons. The largest absolute Gasteiger partial charge is 0.507 e. The molecule has 5 rings (SSSR count). The summed E-state index contributed by atoms with van der Waals surface area (Å²) < 4.78 is 33.0. The number of nitrogens with one attached hydrogen (secondary N) is 2. The van der Waals surface area contributed by atoms with Gasteiger partial charge in [0, 0.05) is 17.4 Å². The number of aromatic nitrogens is 1. The Morgan fingerprint density at radius 3 is 2.33 bits per heavy atom. The SMILES string of the molecule is O=Cc1ccccc1C(=O)Nc1cccc(COC(=O)c2cc(/N=N/c3ccc(S(=O)(=O)Nc4ccccn4)cc3)ccc2O)c1. The molecule has 4 aromatic carbocycles. The number of hydrogen-bond acceptors (Lipinski definition) is 10. The number of carbonyl (C=O) groups excluding carboxylic acids is 3. The molecule has 1 heterocycles.